The van der Waals surface area contributed by atoms with Crippen LogP contribution in [-0.2, 0) is 4.74 Å². The summed E-state index contributed by atoms with van der Waals surface area (Å²) in [5.41, 5.74) is 3.14. The predicted octanol–water partition coefficient (Wildman–Crippen LogP) is 5.39. The minimum Gasteiger partial charge on any atom is -0.497 e. The van der Waals surface area contributed by atoms with Gasteiger partial charge in [-0.2, -0.15) is 0 Å². The van der Waals surface area contributed by atoms with Gasteiger partial charge < -0.3 is 14.6 Å². The van der Waals surface area contributed by atoms with Crippen LogP contribution in [0.15, 0.2) is 40.9 Å². The van der Waals surface area contributed by atoms with Gasteiger partial charge in [0.1, 0.15) is 11.9 Å². The summed E-state index contributed by atoms with van der Waals surface area (Å²) in [5, 5.41) is 10.3. The first kappa shape index (κ1) is 20.8. The number of methoxy groups -OCH3 is 1. The maximum atomic E-state index is 10.3. The number of fused-ring (bicyclic) bond motifs is 7. The van der Waals surface area contributed by atoms with Gasteiger partial charge in [0, 0.05) is 23.4 Å². The number of rotatable bonds is 2. The van der Waals surface area contributed by atoms with Gasteiger partial charge in [-0.05, 0) is 92.4 Å². The van der Waals surface area contributed by atoms with Gasteiger partial charge in [-0.25, -0.2) is 0 Å². The highest BCUT2D eigenvalue weighted by molar-refractivity contribution is 5.94. The first-order valence-corrected chi connectivity index (χ1v) is 12.7. The summed E-state index contributed by atoms with van der Waals surface area (Å²) in [7, 11) is 1.70. The van der Waals surface area contributed by atoms with Crippen LogP contribution in [0, 0.1) is 34.5 Å². The summed E-state index contributed by atoms with van der Waals surface area (Å²) in [5.74, 6) is 4.44. The smallest absolute Gasteiger partial charge is 0.216 e. The Labute approximate surface area is 192 Å². The molecule has 6 rings (SSSR count). The Morgan fingerprint density at radius 2 is 1.91 bits per heavy atom. The van der Waals surface area contributed by atoms with Gasteiger partial charge in [0.2, 0.25) is 5.90 Å². The fourth-order valence-electron chi connectivity index (χ4n) is 8.43. The predicted molar refractivity (Wildman–Crippen MR) is 126 cm³/mol. The molecular formula is C28H37NO3. The molecule has 0 amide bonds. The third-order valence-corrected chi connectivity index (χ3v) is 10.2. The fraction of sp³-hybridized carbons (Fsp3) is 0.679. The zero-order valence-corrected chi connectivity index (χ0v) is 19.7. The number of aliphatic hydroxyl groups excluding tert-OH is 1. The van der Waals surface area contributed by atoms with E-state index in [1.54, 1.807) is 12.7 Å². The second-order valence-electron chi connectivity index (χ2n) is 11.6. The molecule has 4 nitrogen and oxygen atoms in total. The molecule has 0 saturated heterocycles. The van der Waals surface area contributed by atoms with Crippen molar-refractivity contribution in [2.75, 3.05) is 13.7 Å². The van der Waals surface area contributed by atoms with Crippen molar-refractivity contribution in [3.8, 4) is 5.75 Å². The Morgan fingerprint density at radius 3 is 2.69 bits per heavy atom. The number of allylic oxidation sites excluding steroid dienone is 1. The van der Waals surface area contributed by atoms with Crippen LogP contribution < -0.4 is 4.74 Å². The summed E-state index contributed by atoms with van der Waals surface area (Å²) < 4.78 is 12.0. The molecule has 1 aliphatic heterocycles. The number of hydrogen-bond donors (Lipinski definition) is 1. The highest BCUT2D eigenvalue weighted by atomic mass is 16.5. The summed E-state index contributed by atoms with van der Waals surface area (Å²) in [6, 6.07) is 8.11. The van der Waals surface area contributed by atoms with E-state index in [1.165, 1.54) is 25.7 Å². The SMILES string of the molecule is COc1ccc(C2=NC[C@@H]3C[C@H]4[C@@H]5CC=C6C[C@@H](O)CC[C@]6(C)[C@H]5CC[C@]4(C)[C@@H]3O2)cc1. The van der Waals surface area contributed by atoms with Crippen LogP contribution in [0.1, 0.15) is 64.4 Å². The van der Waals surface area contributed by atoms with Gasteiger partial charge in [-0.3, -0.25) is 4.99 Å². The molecule has 3 saturated carbocycles. The highest BCUT2D eigenvalue weighted by Crippen LogP contribution is 2.66. The molecule has 4 heteroatoms. The number of aliphatic hydroxyl groups is 1. The average molecular weight is 436 g/mol. The first-order chi connectivity index (χ1) is 15.4. The van der Waals surface area contributed by atoms with E-state index in [2.05, 4.69) is 32.1 Å². The van der Waals surface area contributed by atoms with Crippen LogP contribution in [0.3, 0.4) is 0 Å². The lowest BCUT2D eigenvalue weighted by Crippen LogP contribution is -2.52. The minimum absolute atomic E-state index is 0.129. The van der Waals surface area contributed by atoms with E-state index in [0.717, 1.165) is 54.9 Å². The van der Waals surface area contributed by atoms with Crippen molar-refractivity contribution in [1.29, 1.82) is 0 Å². The van der Waals surface area contributed by atoms with Crippen molar-refractivity contribution in [1.82, 2.24) is 0 Å². The van der Waals surface area contributed by atoms with Gasteiger partial charge in [-0.15, -0.1) is 0 Å². The molecule has 0 spiro atoms. The van der Waals surface area contributed by atoms with Crippen LogP contribution >= 0.6 is 0 Å². The lowest BCUT2D eigenvalue weighted by molar-refractivity contribution is -0.0720. The Morgan fingerprint density at radius 1 is 1.09 bits per heavy atom. The number of ether oxygens (including phenoxy) is 2. The van der Waals surface area contributed by atoms with E-state index in [-0.39, 0.29) is 17.6 Å². The van der Waals surface area contributed by atoms with Crippen molar-refractivity contribution >= 4 is 5.90 Å². The number of benzene rings is 1. The lowest BCUT2D eigenvalue weighted by atomic mass is 9.48. The van der Waals surface area contributed by atoms with Crippen molar-refractivity contribution in [2.24, 2.45) is 39.5 Å². The first-order valence-electron chi connectivity index (χ1n) is 12.7. The molecule has 3 fully saturated rings. The quantitative estimate of drug-likeness (QED) is 0.634. The monoisotopic (exact) mass is 435 g/mol. The van der Waals surface area contributed by atoms with E-state index in [1.807, 2.05) is 12.1 Å². The highest BCUT2D eigenvalue weighted by Gasteiger charge is 2.62. The standard InChI is InChI=1S/C28H37NO3/c1-27-12-10-20(30)15-19(27)6-9-22-23(27)11-13-28(2)24(22)14-18-16-29-26(32-25(18)28)17-4-7-21(31-3)8-5-17/h4-8,18,20,22-25,30H,9-16H2,1-3H3/t18-,20-,22+,23-,24-,25+,27-,28-/m0/s1. The van der Waals surface area contributed by atoms with Gasteiger partial charge in [0.05, 0.1) is 13.2 Å². The minimum atomic E-state index is -0.129. The molecule has 0 bridgehead atoms. The maximum absolute atomic E-state index is 10.3. The number of nitrogens with zero attached hydrogens (tertiary/aromatic N) is 1. The van der Waals surface area contributed by atoms with Crippen molar-refractivity contribution in [3.63, 3.8) is 0 Å². The van der Waals surface area contributed by atoms with Crippen molar-refractivity contribution < 1.29 is 14.6 Å². The molecule has 1 N–H and O–H groups in total. The molecule has 1 aromatic carbocycles. The van der Waals surface area contributed by atoms with Crippen LogP contribution in [0.2, 0.25) is 0 Å². The molecule has 32 heavy (non-hydrogen) atoms. The van der Waals surface area contributed by atoms with E-state index in [0.29, 0.717) is 17.3 Å². The number of hydrogen-bond acceptors (Lipinski definition) is 4. The van der Waals surface area contributed by atoms with Crippen LogP contribution in [-0.4, -0.2) is 36.9 Å². The largest absolute Gasteiger partial charge is 0.497 e. The lowest BCUT2D eigenvalue weighted by Gasteiger charge is -2.57. The van der Waals surface area contributed by atoms with Crippen molar-refractivity contribution in [2.45, 2.75) is 71.0 Å². The molecule has 172 valence electrons. The molecule has 5 aliphatic rings. The molecule has 0 aromatic heterocycles. The van der Waals surface area contributed by atoms with Crippen LogP contribution in [0.5, 0.6) is 5.75 Å². The Kier molecular flexibility index (Phi) is 4.77. The summed E-state index contributed by atoms with van der Waals surface area (Å²) in [6.45, 7) is 5.91. The van der Waals surface area contributed by atoms with Crippen LogP contribution in [0.25, 0.3) is 0 Å². The summed E-state index contributed by atoms with van der Waals surface area (Å²) >= 11 is 0. The maximum Gasteiger partial charge on any atom is 0.216 e. The molecule has 4 aliphatic carbocycles. The molecule has 8 atom stereocenters. The third kappa shape index (κ3) is 2.94. The average Bonchev–Trinajstić information content (AvgIpc) is 3.11. The van der Waals surface area contributed by atoms with E-state index >= 15 is 0 Å². The number of aliphatic imine (C=N–C) groups is 1. The zero-order chi connectivity index (χ0) is 22.1. The zero-order valence-electron chi connectivity index (χ0n) is 19.7. The van der Waals surface area contributed by atoms with E-state index in [4.69, 9.17) is 14.5 Å². The second-order valence-corrected chi connectivity index (χ2v) is 11.6. The Bertz CT molecular complexity index is 952. The summed E-state index contributed by atoms with van der Waals surface area (Å²) in [6.07, 6.45) is 10.7. The van der Waals surface area contributed by atoms with Gasteiger partial charge in [0.15, 0.2) is 0 Å². The van der Waals surface area contributed by atoms with Crippen LogP contribution in [0.4, 0.5) is 0 Å². The Hall–Kier alpha value is -1.81. The second kappa shape index (κ2) is 7.35. The molecule has 1 aromatic rings. The molecule has 1 heterocycles. The third-order valence-electron chi connectivity index (χ3n) is 10.2. The van der Waals surface area contributed by atoms with Gasteiger partial charge in [-0.1, -0.05) is 25.5 Å². The topological polar surface area (TPSA) is 51.0 Å². The van der Waals surface area contributed by atoms with Crippen molar-refractivity contribution in [3.05, 3.63) is 41.5 Å². The van der Waals surface area contributed by atoms with E-state index in [9.17, 15) is 5.11 Å². The van der Waals surface area contributed by atoms with E-state index < -0.39 is 0 Å². The normalized spacial score (nSPS) is 44.8. The van der Waals surface area contributed by atoms with Gasteiger partial charge >= 0.3 is 0 Å². The van der Waals surface area contributed by atoms with Gasteiger partial charge in [0.25, 0.3) is 0 Å². The molecule has 0 radical (unpaired) electrons. The fourth-order valence-corrected chi connectivity index (χ4v) is 8.43. The molecule has 0 unspecified atom stereocenters. The summed E-state index contributed by atoms with van der Waals surface area (Å²) in [4.78, 5) is 4.89. The Balaban J connectivity index is 1.26. The molecular weight excluding hydrogens is 398 g/mol.